The fraction of sp³-hybridized carbons (Fsp3) is 0.0952. The number of fused-ring (bicyclic) bond motifs is 2. The van der Waals surface area contributed by atoms with Crippen LogP contribution in [-0.2, 0) is 6.54 Å². The lowest BCUT2D eigenvalue weighted by molar-refractivity contribution is 0.791. The van der Waals surface area contributed by atoms with Crippen molar-refractivity contribution in [2.75, 3.05) is 0 Å². The summed E-state index contributed by atoms with van der Waals surface area (Å²) in [6.45, 7) is 0.456. The Morgan fingerprint density at radius 1 is 1.11 bits per heavy atom. The molecule has 0 unspecified atom stereocenters. The average Bonchev–Trinajstić information content (AvgIpc) is 3.32. The number of hydrogen-bond donors (Lipinski definition) is 2. The standard InChI is InChI=1S/C21H17N5OS/c27-19-12-17(23-21-24-20(25-26(19)21)18-9-4-10-28-18)13-22-16-8-3-7-14-5-1-2-6-15(14)11-16/h1-2,4-12,22H,3,13H2,(H,23,24,25). The third-order valence-corrected chi connectivity index (χ3v) is 5.47. The number of aromatic amines is 1. The molecule has 0 radical (unpaired) electrons. The summed E-state index contributed by atoms with van der Waals surface area (Å²) < 4.78 is 1.38. The molecule has 0 aliphatic heterocycles. The molecule has 3 aromatic heterocycles. The summed E-state index contributed by atoms with van der Waals surface area (Å²) in [5.74, 6) is 1.03. The van der Waals surface area contributed by atoms with E-state index in [0.29, 0.717) is 23.8 Å². The maximum atomic E-state index is 12.5. The van der Waals surface area contributed by atoms with Gasteiger partial charge in [-0.2, -0.15) is 9.50 Å². The van der Waals surface area contributed by atoms with Crippen molar-refractivity contribution in [3.63, 3.8) is 0 Å². The van der Waals surface area contributed by atoms with Crippen LogP contribution in [0.2, 0.25) is 0 Å². The van der Waals surface area contributed by atoms with Crippen LogP contribution in [0.4, 0.5) is 0 Å². The zero-order chi connectivity index (χ0) is 18.9. The number of allylic oxidation sites excluding steroid dienone is 2. The molecule has 0 saturated carbocycles. The second-order valence-electron chi connectivity index (χ2n) is 6.50. The van der Waals surface area contributed by atoms with Gasteiger partial charge < -0.3 is 5.32 Å². The van der Waals surface area contributed by atoms with Crippen molar-refractivity contribution in [2.45, 2.75) is 13.0 Å². The Morgan fingerprint density at radius 3 is 2.86 bits per heavy atom. The summed E-state index contributed by atoms with van der Waals surface area (Å²) in [6, 6.07) is 13.7. The van der Waals surface area contributed by atoms with Gasteiger partial charge in [0.15, 0.2) is 5.82 Å². The van der Waals surface area contributed by atoms with Gasteiger partial charge in [-0.1, -0.05) is 42.5 Å². The average molecular weight is 387 g/mol. The quantitative estimate of drug-likeness (QED) is 0.560. The van der Waals surface area contributed by atoms with Crippen LogP contribution in [0.1, 0.15) is 12.1 Å². The summed E-state index contributed by atoms with van der Waals surface area (Å²) in [7, 11) is 0. The fourth-order valence-electron chi connectivity index (χ4n) is 3.22. The molecule has 0 atom stereocenters. The number of nitrogens with zero attached hydrogens (tertiary/aromatic N) is 3. The van der Waals surface area contributed by atoms with Crippen molar-refractivity contribution in [2.24, 2.45) is 0 Å². The molecule has 0 bridgehead atoms. The first-order chi connectivity index (χ1) is 13.8. The molecule has 2 N–H and O–H groups in total. The summed E-state index contributed by atoms with van der Waals surface area (Å²) >= 11 is 1.56. The van der Waals surface area contributed by atoms with E-state index in [9.17, 15) is 4.79 Å². The molecule has 0 saturated heterocycles. The van der Waals surface area contributed by atoms with Crippen LogP contribution in [0.25, 0.3) is 28.6 Å². The Bertz CT molecular complexity index is 1360. The van der Waals surface area contributed by atoms with Crippen LogP contribution in [0, 0.1) is 0 Å². The number of aromatic nitrogens is 4. The van der Waals surface area contributed by atoms with Gasteiger partial charge >= 0.3 is 0 Å². The molecule has 4 aromatic rings. The number of hydrogen-bond acceptors (Lipinski definition) is 5. The number of thiophene rings is 1. The lowest BCUT2D eigenvalue weighted by Gasteiger charge is -2.06. The highest BCUT2D eigenvalue weighted by molar-refractivity contribution is 7.13. The first-order valence-corrected chi connectivity index (χ1v) is 9.88. The van der Waals surface area contributed by atoms with Gasteiger partial charge in [0.2, 0.25) is 0 Å². The zero-order valence-electron chi connectivity index (χ0n) is 14.9. The van der Waals surface area contributed by atoms with E-state index >= 15 is 0 Å². The SMILES string of the molecule is O=c1cc(CNC2=CCC=c3ccccc3=C2)nc2nc(-c3cccs3)[nH]n12. The smallest absolute Gasteiger partial charge is 0.274 e. The lowest BCUT2D eigenvalue weighted by Crippen LogP contribution is -2.24. The first-order valence-electron chi connectivity index (χ1n) is 9.00. The minimum atomic E-state index is -0.172. The van der Waals surface area contributed by atoms with Crippen molar-refractivity contribution >= 4 is 29.3 Å². The normalized spacial score (nSPS) is 13.2. The van der Waals surface area contributed by atoms with Gasteiger partial charge in [-0.15, -0.1) is 11.3 Å². The molecule has 7 heteroatoms. The van der Waals surface area contributed by atoms with Gasteiger partial charge in [-0.05, 0) is 34.4 Å². The molecule has 5 rings (SSSR count). The Hall–Kier alpha value is -3.45. The van der Waals surface area contributed by atoms with Crippen LogP contribution in [0.5, 0.6) is 0 Å². The number of benzene rings is 1. The molecule has 3 heterocycles. The molecule has 6 nitrogen and oxygen atoms in total. The zero-order valence-corrected chi connectivity index (χ0v) is 15.7. The van der Waals surface area contributed by atoms with Gasteiger partial charge in [0, 0.05) is 11.8 Å². The van der Waals surface area contributed by atoms with E-state index < -0.39 is 0 Å². The van der Waals surface area contributed by atoms with Crippen molar-refractivity contribution in [1.82, 2.24) is 24.9 Å². The second-order valence-corrected chi connectivity index (χ2v) is 7.44. The second kappa shape index (κ2) is 6.94. The maximum Gasteiger partial charge on any atom is 0.274 e. The predicted molar refractivity (Wildman–Crippen MR) is 111 cm³/mol. The molecule has 1 aromatic carbocycles. The molecule has 0 fully saturated rings. The Balaban J connectivity index is 1.42. The Morgan fingerprint density at radius 2 is 2.00 bits per heavy atom. The highest BCUT2D eigenvalue weighted by Gasteiger charge is 2.10. The van der Waals surface area contributed by atoms with Crippen LogP contribution >= 0.6 is 11.3 Å². The highest BCUT2D eigenvalue weighted by atomic mass is 32.1. The van der Waals surface area contributed by atoms with Gasteiger partial charge in [0.25, 0.3) is 11.3 Å². The molecule has 28 heavy (non-hydrogen) atoms. The Kier molecular flexibility index (Phi) is 4.14. The number of rotatable bonds is 4. The predicted octanol–water partition coefficient (Wildman–Crippen LogP) is 1.78. The lowest BCUT2D eigenvalue weighted by atomic mass is 10.2. The van der Waals surface area contributed by atoms with E-state index in [1.807, 2.05) is 29.6 Å². The van der Waals surface area contributed by atoms with Gasteiger partial charge in [0.05, 0.1) is 17.1 Å². The van der Waals surface area contributed by atoms with Crippen LogP contribution < -0.4 is 21.3 Å². The summed E-state index contributed by atoms with van der Waals surface area (Å²) in [5, 5.41) is 10.8. The summed E-state index contributed by atoms with van der Waals surface area (Å²) in [5.41, 5.74) is 1.50. The maximum absolute atomic E-state index is 12.5. The van der Waals surface area contributed by atoms with Crippen LogP contribution in [-0.4, -0.2) is 19.6 Å². The van der Waals surface area contributed by atoms with E-state index in [1.54, 1.807) is 11.3 Å². The van der Waals surface area contributed by atoms with E-state index in [4.69, 9.17) is 0 Å². The van der Waals surface area contributed by atoms with E-state index in [2.05, 4.69) is 50.7 Å². The van der Waals surface area contributed by atoms with E-state index in [1.165, 1.54) is 21.0 Å². The monoisotopic (exact) mass is 387 g/mol. The van der Waals surface area contributed by atoms with Crippen molar-refractivity contribution in [3.05, 3.63) is 86.1 Å². The summed E-state index contributed by atoms with van der Waals surface area (Å²) in [6.07, 6.45) is 7.31. The molecule has 1 aliphatic carbocycles. The number of nitrogens with one attached hydrogen (secondary N) is 2. The highest BCUT2D eigenvalue weighted by Crippen LogP contribution is 2.20. The van der Waals surface area contributed by atoms with Crippen LogP contribution in [0.3, 0.4) is 0 Å². The van der Waals surface area contributed by atoms with Gasteiger partial charge in [0.1, 0.15) is 0 Å². The molecular formula is C21H17N5OS. The van der Waals surface area contributed by atoms with Crippen molar-refractivity contribution in [3.8, 4) is 10.7 Å². The third-order valence-electron chi connectivity index (χ3n) is 4.59. The van der Waals surface area contributed by atoms with Crippen molar-refractivity contribution in [1.29, 1.82) is 0 Å². The third kappa shape index (κ3) is 3.16. The molecule has 0 spiro atoms. The summed E-state index contributed by atoms with van der Waals surface area (Å²) in [4.78, 5) is 22.4. The largest absolute Gasteiger partial charge is 0.380 e. The Labute approximate surface area is 164 Å². The van der Waals surface area contributed by atoms with Crippen molar-refractivity contribution < 1.29 is 0 Å². The first kappa shape index (κ1) is 16.7. The molecule has 138 valence electrons. The molecule has 1 aliphatic rings. The van der Waals surface area contributed by atoms with Gasteiger partial charge in [-0.25, -0.2) is 4.98 Å². The number of H-pyrrole nitrogens is 1. The fourth-order valence-corrected chi connectivity index (χ4v) is 3.89. The molecular weight excluding hydrogens is 370 g/mol. The minimum Gasteiger partial charge on any atom is -0.380 e. The molecule has 0 amide bonds. The topological polar surface area (TPSA) is 75.1 Å². The van der Waals surface area contributed by atoms with Gasteiger partial charge in [-0.3, -0.25) is 9.89 Å². The van der Waals surface area contributed by atoms with Crippen LogP contribution in [0.15, 0.2) is 64.4 Å². The minimum absolute atomic E-state index is 0.172. The van der Waals surface area contributed by atoms with E-state index in [0.717, 1.165) is 17.0 Å². The van der Waals surface area contributed by atoms with E-state index in [-0.39, 0.29) is 5.56 Å².